The number of hydrogen-bond donors (Lipinski definition) is 3. The van der Waals surface area contributed by atoms with Crippen LogP contribution in [0.3, 0.4) is 0 Å². The number of nitrogens with two attached hydrogens (primary N) is 2. The minimum atomic E-state index is -2.08. The fourth-order valence-corrected chi connectivity index (χ4v) is 1.03. The fraction of sp³-hybridized carbons (Fsp3) is 0.222. The second-order valence-corrected chi connectivity index (χ2v) is 3.05. The van der Waals surface area contributed by atoms with Crippen LogP contribution in [-0.4, -0.2) is 33.9 Å². The summed E-state index contributed by atoms with van der Waals surface area (Å²) < 4.78 is 0. The summed E-state index contributed by atoms with van der Waals surface area (Å²) in [5.74, 6) is -2.19. The lowest BCUT2D eigenvalue weighted by atomic mass is 9.91. The summed E-state index contributed by atoms with van der Waals surface area (Å²) in [6.07, 6.45) is 2.72. The zero-order valence-corrected chi connectivity index (χ0v) is 7.88. The van der Waals surface area contributed by atoms with Crippen LogP contribution in [0.5, 0.6) is 0 Å². The van der Waals surface area contributed by atoms with Gasteiger partial charge in [0.05, 0.1) is 0 Å². The molecule has 0 fully saturated rings. The topological polar surface area (TPSA) is 119 Å². The Morgan fingerprint density at radius 3 is 2.60 bits per heavy atom. The van der Waals surface area contributed by atoms with Gasteiger partial charge in [0.2, 0.25) is 0 Å². The summed E-state index contributed by atoms with van der Waals surface area (Å²) in [5, 5.41) is 8.82. The van der Waals surface area contributed by atoms with E-state index in [1.54, 1.807) is 0 Å². The van der Waals surface area contributed by atoms with Crippen molar-refractivity contribution in [2.75, 3.05) is 6.54 Å². The van der Waals surface area contributed by atoms with E-state index in [2.05, 4.69) is 4.98 Å². The van der Waals surface area contributed by atoms with Crippen molar-refractivity contribution in [1.29, 1.82) is 0 Å². The molecule has 1 rings (SSSR count). The first-order valence-corrected chi connectivity index (χ1v) is 4.19. The molecule has 1 heterocycles. The number of carbonyl (C=O) groups is 2. The number of aromatic nitrogens is 1. The number of aliphatic carboxylic acids is 1. The van der Waals surface area contributed by atoms with Crippen LogP contribution in [-0.2, 0) is 4.79 Å². The lowest BCUT2D eigenvalue weighted by molar-refractivity contribution is -0.140. The molecule has 6 heteroatoms. The quantitative estimate of drug-likeness (QED) is 0.432. The van der Waals surface area contributed by atoms with E-state index >= 15 is 0 Å². The third-order valence-corrected chi connectivity index (χ3v) is 2.03. The van der Waals surface area contributed by atoms with E-state index in [1.807, 2.05) is 0 Å². The van der Waals surface area contributed by atoms with Gasteiger partial charge in [-0.2, -0.15) is 0 Å². The van der Waals surface area contributed by atoms with Gasteiger partial charge in [0.1, 0.15) is 0 Å². The highest BCUT2D eigenvalue weighted by molar-refractivity contribution is 6.15. The number of carboxylic acid groups (broad SMARTS) is 1. The van der Waals surface area contributed by atoms with E-state index < -0.39 is 23.8 Å². The number of pyridine rings is 1. The highest BCUT2D eigenvalue weighted by Gasteiger charge is 2.41. The Morgan fingerprint density at radius 2 is 2.20 bits per heavy atom. The molecule has 6 nitrogen and oxygen atoms in total. The molecular weight excluding hydrogens is 198 g/mol. The summed E-state index contributed by atoms with van der Waals surface area (Å²) in [4.78, 5) is 26.2. The maximum absolute atomic E-state index is 11.7. The monoisotopic (exact) mass is 209 g/mol. The largest absolute Gasteiger partial charge is 0.479 e. The first kappa shape index (κ1) is 11.3. The minimum absolute atomic E-state index is 0.132. The van der Waals surface area contributed by atoms with E-state index in [9.17, 15) is 9.59 Å². The van der Waals surface area contributed by atoms with Gasteiger partial charge in [0, 0.05) is 24.5 Å². The van der Waals surface area contributed by atoms with E-state index in [1.165, 1.54) is 24.5 Å². The average molecular weight is 209 g/mol. The minimum Gasteiger partial charge on any atom is -0.479 e. The summed E-state index contributed by atoms with van der Waals surface area (Å²) in [7, 11) is 0. The molecule has 0 bridgehead atoms. The van der Waals surface area contributed by atoms with Crippen molar-refractivity contribution in [1.82, 2.24) is 4.98 Å². The van der Waals surface area contributed by atoms with Crippen LogP contribution in [0.25, 0.3) is 0 Å². The number of hydrogen-bond acceptors (Lipinski definition) is 5. The standard InChI is InChI=1S/C9H11N3O3/c10-5-9(11,8(14)15)7(13)6-2-1-3-12-4-6/h1-4H,5,10-11H2,(H,14,15). The number of rotatable bonds is 4. The van der Waals surface area contributed by atoms with Gasteiger partial charge in [-0.25, -0.2) is 4.79 Å². The molecule has 1 atom stereocenters. The van der Waals surface area contributed by atoms with Crippen LogP contribution in [0.4, 0.5) is 0 Å². The van der Waals surface area contributed by atoms with Gasteiger partial charge < -0.3 is 16.6 Å². The molecule has 0 spiro atoms. The highest BCUT2D eigenvalue weighted by Crippen LogP contribution is 2.09. The van der Waals surface area contributed by atoms with Gasteiger partial charge >= 0.3 is 5.97 Å². The third kappa shape index (κ3) is 2.00. The molecule has 0 aliphatic rings. The predicted octanol–water partition coefficient (Wildman–Crippen LogP) is -0.995. The Bertz CT molecular complexity index is 379. The first-order chi connectivity index (χ1) is 7.02. The van der Waals surface area contributed by atoms with Crippen molar-refractivity contribution in [3.05, 3.63) is 30.1 Å². The smallest absolute Gasteiger partial charge is 0.333 e. The molecule has 15 heavy (non-hydrogen) atoms. The maximum Gasteiger partial charge on any atom is 0.333 e. The number of carboxylic acids is 1. The van der Waals surface area contributed by atoms with Crippen LogP contribution in [0, 0.1) is 0 Å². The van der Waals surface area contributed by atoms with E-state index in [0.29, 0.717) is 0 Å². The molecular formula is C9H11N3O3. The number of ketones is 1. The lowest BCUT2D eigenvalue weighted by Crippen LogP contribution is -2.60. The van der Waals surface area contributed by atoms with E-state index in [4.69, 9.17) is 16.6 Å². The Hall–Kier alpha value is -1.79. The van der Waals surface area contributed by atoms with Crippen LogP contribution in [0.15, 0.2) is 24.5 Å². The molecule has 5 N–H and O–H groups in total. The second-order valence-electron chi connectivity index (χ2n) is 3.05. The van der Waals surface area contributed by atoms with Gasteiger partial charge in [-0.3, -0.25) is 9.78 Å². The summed E-state index contributed by atoms with van der Waals surface area (Å²) in [6.45, 7) is -0.462. The van der Waals surface area contributed by atoms with Crippen molar-refractivity contribution >= 4 is 11.8 Å². The molecule has 0 amide bonds. The van der Waals surface area contributed by atoms with Crippen LogP contribution >= 0.6 is 0 Å². The van der Waals surface area contributed by atoms with Gasteiger partial charge in [0.25, 0.3) is 0 Å². The first-order valence-electron chi connectivity index (χ1n) is 4.19. The average Bonchev–Trinajstić information content (AvgIpc) is 2.28. The second kappa shape index (κ2) is 4.16. The van der Waals surface area contributed by atoms with Crippen molar-refractivity contribution in [2.24, 2.45) is 11.5 Å². The zero-order chi connectivity index (χ0) is 11.5. The Morgan fingerprint density at radius 1 is 1.53 bits per heavy atom. The molecule has 1 aromatic heterocycles. The summed E-state index contributed by atoms with van der Waals surface area (Å²) in [6, 6.07) is 2.96. The maximum atomic E-state index is 11.7. The Labute approximate surface area is 85.9 Å². The fourth-order valence-electron chi connectivity index (χ4n) is 1.03. The van der Waals surface area contributed by atoms with E-state index in [-0.39, 0.29) is 5.56 Å². The number of carbonyl (C=O) groups excluding carboxylic acids is 1. The Balaban J connectivity index is 3.08. The molecule has 0 radical (unpaired) electrons. The normalized spacial score (nSPS) is 14.3. The van der Waals surface area contributed by atoms with Gasteiger partial charge in [-0.15, -0.1) is 0 Å². The number of nitrogens with zero attached hydrogens (tertiary/aromatic N) is 1. The molecule has 0 aliphatic carbocycles. The molecule has 1 aromatic rings. The van der Waals surface area contributed by atoms with Crippen molar-refractivity contribution < 1.29 is 14.7 Å². The van der Waals surface area contributed by atoms with E-state index in [0.717, 1.165) is 0 Å². The predicted molar refractivity (Wildman–Crippen MR) is 52.2 cm³/mol. The number of Topliss-reactive ketones (excluding diaryl/α,β-unsaturated/α-hetero) is 1. The van der Waals surface area contributed by atoms with Crippen LogP contribution in [0.1, 0.15) is 10.4 Å². The molecule has 0 aliphatic heterocycles. The zero-order valence-electron chi connectivity index (χ0n) is 7.88. The van der Waals surface area contributed by atoms with Crippen molar-refractivity contribution in [2.45, 2.75) is 5.54 Å². The van der Waals surface area contributed by atoms with Crippen LogP contribution < -0.4 is 11.5 Å². The van der Waals surface area contributed by atoms with Gasteiger partial charge in [-0.05, 0) is 12.1 Å². The summed E-state index contributed by atoms with van der Waals surface area (Å²) >= 11 is 0. The third-order valence-electron chi connectivity index (χ3n) is 2.03. The van der Waals surface area contributed by atoms with Gasteiger partial charge in [0.15, 0.2) is 11.3 Å². The van der Waals surface area contributed by atoms with Crippen molar-refractivity contribution in [3.8, 4) is 0 Å². The molecule has 1 unspecified atom stereocenters. The summed E-state index contributed by atoms with van der Waals surface area (Å²) in [5.41, 5.74) is 8.66. The molecule has 80 valence electrons. The Kier molecular flexibility index (Phi) is 3.13. The SMILES string of the molecule is NCC(N)(C(=O)O)C(=O)c1cccnc1. The molecule has 0 saturated carbocycles. The highest BCUT2D eigenvalue weighted by atomic mass is 16.4. The van der Waals surface area contributed by atoms with Gasteiger partial charge in [-0.1, -0.05) is 0 Å². The van der Waals surface area contributed by atoms with Crippen molar-refractivity contribution in [3.63, 3.8) is 0 Å². The molecule has 0 saturated heterocycles. The molecule has 0 aromatic carbocycles. The lowest BCUT2D eigenvalue weighted by Gasteiger charge is -2.20. The van der Waals surface area contributed by atoms with Crippen LogP contribution in [0.2, 0.25) is 0 Å².